The molecule has 0 amide bonds. The first-order chi connectivity index (χ1) is 5.30. The van der Waals surface area contributed by atoms with Gasteiger partial charge in [-0.2, -0.15) is 0 Å². The fraction of sp³-hybridized carbons (Fsp3) is 0.444. The van der Waals surface area contributed by atoms with Crippen molar-refractivity contribution in [2.24, 2.45) is 0 Å². The van der Waals surface area contributed by atoms with Gasteiger partial charge in [0.1, 0.15) is 0 Å². The topological polar surface area (TPSA) is 15.9 Å². The largest absolute Gasteiger partial charge is 0.361 e. The van der Waals surface area contributed by atoms with Gasteiger partial charge < -0.3 is 4.90 Å². The first kappa shape index (κ1) is 6.65. The van der Waals surface area contributed by atoms with E-state index in [2.05, 4.69) is 29.8 Å². The van der Waals surface area contributed by atoms with Gasteiger partial charge in [0.05, 0.1) is 11.9 Å². The highest BCUT2D eigenvalue weighted by Crippen LogP contribution is 2.33. The molecule has 0 aromatic carbocycles. The average molecular weight is 148 g/mol. The van der Waals surface area contributed by atoms with Crippen molar-refractivity contribution in [3.63, 3.8) is 0 Å². The van der Waals surface area contributed by atoms with Crippen LogP contribution in [0.5, 0.6) is 0 Å². The normalized spacial score (nSPS) is 28.7. The summed E-state index contributed by atoms with van der Waals surface area (Å²) < 4.78 is 0. The quantitative estimate of drug-likeness (QED) is 0.563. The second-order valence-corrected chi connectivity index (χ2v) is 3.10. The van der Waals surface area contributed by atoms with E-state index in [4.69, 9.17) is 0 Å². The molecule has 1 aromatic heterocycles. The van der Waals surface area contributed by atoms with Crippen LogP contribution in [0.25, 0.3) is 0 Å². The van der Waals surface area contributed by atoms with E-state index in [1.54, 1.807) is 0 Å². The van der Waals surface area contributed by atoms with Crippen LogP contribution in [-0.2, 0) is 0 Å². The van der Waals surface area contributed by atoms with Crippen molar-refractivity contribution in [1.82, 2.24) is 4.98 Å². The van der Waals surface area contributed by atoms with E-state index in [9.17, 15) is 0 Å². The van der Waals surface area contributed by atoms with Gasteiger partial charge in [-0.25, -0.2) is 0 Å². The van der Waals surface area contributed by atoms with Gasteiger partial charge in [0.25, 0.3) is 0 Å². The zero-order valence-corrected chi connectivity index (χ0v) is 6.86. The van der Waals surface area contributed by atoms with Crippen LogP contribution >= 0.6 is 0 Å². The molecule has 2 heteroatoms. The molecule has 0 saturated carbocycles. The second-order valence-electron chi connectivity index (χ2n) is 3.10. The fourth-order valence-electron chi connectivity index (χ4n) is 1.48. The summed E-state index contributed by atoms with van der Waals surface area (Å²) in [5.74, 6) is 0. The van der Waals surface area contributed by atoms with Gasteiger partial charge in [0.2, 0.25) is 0 Å². The highest BCUT2D eigenvalue weighted by molar-refractivity contribution is 5.53. The molecule has 2 heterocycles. The molecule has 1 saturated heterocycles. The van der Waals surface area contributed by atoms with Crippen LogP contribution in [0.15, 0.2) is 24.5 Å². The number of nitrogens with zero attached hydrogens (tertiary/aromatic N) is 2. The fourth-order valence-corrected chi connectivity index (χ4v) is 1.48. The molecular formula is C9H12N2. The number of aromatic nitrogens is 1. The van der Waals surface area contributed by atoms with Gasteiger partial charge in [-0.05, 0) is 26.0 Å². The second kappa shape index (κ2) is 2.22. The summed E-state index contributed by atoms with van der Waals surface area (Å²) in [5.41, 5.74) is 1.24. The monoisotopic (exact) mass is 148 g/mol. The molecule has 11 heavy (non-hydrogen) atoms. The smallest absolute Gasteiger partial charge is 0.0559 e. The Morgan fingerprint density at radius 3 is 2.55 bits per heavy atom. The van der Waals surface area contributed by atoms with Crippen LogP contribution in [0, 0.1) is 0 Å². The summed E-state index contributed by atoms with van der Waals surface area (Å²) >= 11 is 0. The van der Waals surface area contributed by atoms with E-state index < -0.39 is 0 Å². The van der Waals surface area contributed by atoms with Crippen molar-refractivity contribution in [2.45, 2.75) is 25.9 Å². The Balaban J connectivity index is 2.20. The van der Waals surface area contributed by atoms with E-state index in [1.807, 2.05) is 18.5 Å². The molecule has 1 aromatic rings. The third kappa shape index (κ3) is 0.985. The van der Waals surface area contributed by atoms with E-state index in [1.165, 1.54) is 5.69 Å². The Hall–Kier alpha value is -1.05. The van der Waals surface area contributed by atoms with Crippen LogP contribution in [0.3, 0.4) is 0 Å². The molecule has 0 unspecified atom stereocenters. The lowest BCUT2D eigenvalue weighted by atomic mass is 10.4. The van der Waals surface area contributed by atoms with Crippen molar-refractivity contribution >= 4 is 5.69 Å². The van der Waals surface area contributed by atoms with Gasteiger partial charge in [0.15, 0.2) is 0 Å². The lowest BCUT2D eigenvalue weighted by Gasteiger charge is -2.01. The summed E-state index contributed by atoms with van der Waals surface area (Å²) in [7, 11) is 0. The molecule has 58 valence electrons. The van der Waals surface area contributed by atoms with Gasteiger partial charge in [-0.1, -0.05) is 0 Å². The highest BCUT2D eigenvalue weighted by atomic mass is 15.3. The zero-order valence-electron chi connectivity index (χ0n) is 6.86. The lowest BCUT2D eigenvalue weighted by Crippen LogP contribution is -1.96. The molecule has 2 nitrogen and oxygen atoms in total. The summed E-state index contributed by atoms with van der Waals surface area (Å²) in [6, 6.07) is 5.47. The van der Waals surface area contributed by atoms with Gasteiger partial charge in [-0.15, -0.1) is 0 Å². The number of pyridine rings is 1. The molecule has 0 spiro atoms. The first-order valence-electron chi connectivity index (χ1n) is 3.99. The molecule has 2 atom stereocenters. The highest BCUT2D eigenvalue weighted by Gasteiger charge is 2.39. The van der Waals surface area contributed by atoms with Crippen molar-refractivity contribution < 1.29 is 0 Å². The predicted molar refractivity (Wildman–Crippen MR) is 45.6 cm³/mol. The minimum absolute atomic E-state index is 0.694. The summed E-state index contributed by atoms with van der Waals surface area (Å²) in [6.45, 7) is 4.47. The molecular weight excluding hydrogens is 136 g/mol. The zero-order chi connectivity index (χ0) is 7.84. The average Bonchev–Trinajstić information content (AvgIpc) is 2.62. The number of hydrogen-bond acceptors (Lipinski definition) is 2. The van der Waals surface area contributed by atoms with E-state index in [0.29, 0.717) is 12.1 Å². The molecule has 2 rings (SSSR count). The van der Waals surface area contributed by atoms with Crippen LogP contribution in [-0.4, -0.2) is 17.1 Å². The van der Waals surface area contributed by atoms with E-state index in [0.717, 1.165) is 0 Å². The molecule has 0 N–H and O–H groups in total. The number of rotatable bonds is 1. The Kier molecular flexibility index (Phi) is 1.34. The van der Waals surface area contributed by atoms with Crippen molar-refractivity contribution in [1.29, 1.82) is 0 Å². The maximum atomic E-state index is 4.07. The lowest BCUT2D eigenvalue weighted by molar-refractivity contribution is 1.05. The van der Waals surface area contributed by atoms with Crippen LogP contribution in [0.4, 0.5) is 5.69 Å². The molecule has 1 fully saturated rings. The van der Waals surface area contributed by atoms with Gasteiger partial charge >= 0.3 is 0 Å². The Labute approximate surface area is 66.9 Å². The molecule has 1 aliphatic heterocycles. The predicted octanol–water partition coefficient (Wildman–Crippen LogP) is 1.68. The Morgan fingerprint density at radius 1 is 1.36 bits per heavy atom. The minimum atomic E-state index is 0.694. The van der Waals surface area contributed by atoms with Crippen molar-refractivity contribution in [3.8, 4) is 0 Å². The summed E-state index contributed by atoms with van der Waals surface area (Å²) in [4.78, 5) is 6.43. The first-order valence-corrected chi connectivity index (χ1v) is 3.99. The van der Waals surface area contributed by atoms with E-state index >= 15 is 0 Å². The molecule has 0 radical (unpaired) electrons. The van der Waals surface area contributed by atoms with Crippen LogP contribution in [0.1, 0.15) is 13.8 Å². The van der Waals surface area contributed by atoms with E-state index in [-0.39, 0.29) is 0 Å². The minimum Gasteiger partial charge on any atom is -0.361 e. The van der Waals surface area contributed by atoms with Crippen molar-refractivity contribution in [2.75, 3.05) is 4.90 Å². The van der Waals surface area contributed by atoms with Gasteiger partial charge in [0, 0.05) is 18.3 Å². The molecule has 0 bridgehead atoms. The standard InChI is InChI=1S/C9H12N2/c1-7-8(2)11(7)9-4-3-5-10-6-9/h3-8H,1-2H3/t7-,8+,11?. The third-order valence-electron chi connectivity index (χ3n) is 2.43. The molecule has 0 aliphatic carbocycles. The maximum Gasteiger partial charge on any atom is 0.0559 e. The molecule has 1 aliphatic rings. The van der Waals surface area contributed by atoms with Crippen LogP contribution in [0.2, 0.25) is 0 Å². The van der Waals surface area contributed by atoms with Gasteiger partial charge in [-0.3, -0.25) is 4.98 Å². The summed E-state index contributed by atoms with van der Waals surface area (Å²) in [6.07, 6.45) is 3.72. The Bertz CT molecular complexity index is 237. The van der Waals surface area contributed by atoms with Crippen molar-refractivity contribution in [3.05, 3.63) is 24.5 Å². The number of anilines is 1. The summed E-state index contributed by atoms with van der Waals surface area (Å²) in [5, 5.41) is 0. The SMILES string of the molecule is C[C@@H]1[C@H](C)N1c1cccnc1. The number of hydrogen-bond donors (Lipinski definition) is 0. The third-order valence-corrected chi connectivity index (χ3v) is 2.43. The van der Waals surface area contributed by atoms with Crippen LogP contribution < -0.4 is 4.90 Å². The maximum absolute atomic E-state index is 4.07. The Morgan fingerprint density at radius 2 is 2.09 bits per heavy atom.